The maximum Gasteiger partial charge on any atom is 0.419 e. The molecule has 4 aromatic rings. The van der Waals surface area contributed by atoms with E-state index in [9.17, 15) is 22.4 Å². The molecule has 0 spiro atoms. The van der Waals surface area contributed by atoms with Crippen LogP contribution in [0.3, 0.4) is 0 Å². The number of imidazole rings is 1. The zero-order chi connectivity index (χ0) is 24.6. The average Bonchev–Trinajstić information content (AvgIpc) is 3.29. The number of fused-ring (bicyclic) bond motifs is 7. The Morgan fingerprint density at radius 1 is 1.17 bits per heavy atom. The average molecular weight is 489 g/mol. The molecule has 2 aliphatic heterocycles. The Bertz CT molecular complexity index is 1530. The number of benzene rings is 2. The van der Waals surface area contributed by atoms with Crippen LogP contribution in [-0.2, 0) is 6.18 Å². The number of likely N-dealkylation sites (tertiary alicyclic amines) is 1. The first kappa shape index (κ1) is 21.6. The summed E-state index contributed by atoms with van der Waals surface area (Å²) in [5.74, 6) is -3.39. The number of nitrogen functional groups attached to an aromatic ring is 1. The van der Waals surface area contributed by atoms with Crippen molar-refractivity contribution in [3.8, 4) is 5.75 Å². The number of carbonyl (C=O) groups excluding carboxylic acids is 1. The van der Waals surface area contributed by atoms with Crippen LogP contribution in [0, 0.1) is 11.6 Å². The highest BCUT2D eigenvalue weighted by Gasteiger charge is 2.44. The second kappa shape index (κ2) is 7.27. The maximum absolute atomic E-state index is 15.1. The molecule has 35 heavy (non-hydrogen) atoms. The quantitative estimate of drug-likeness (QED) is 0.398. The summed E-state index contributed by atoms with van der Waals surface area (Å²) in [6, 6.07) is 3.42. The molecule has 0 saturated carbocycles. The summed E-state index contributed by atoms with van der Waals surface area (Å²) >= 11 is 0. The summed E-state index contributed by atoms with van der Waals surface area (Å²) in [6.07, 6.45) is -1.99. The number of aromatic nitrogens is 3. The van der Waals surface area contributed by atoms with E-state index in [1.807, 2.05) is 0 Å². The van der Waals surface area contributed by atoms with E-state index in [1.165, 1.54) is 23.5 Å². The Morgan fingerprint density at radius 3 is 2.74 bits per heavy atom. The van der Waals surface area contributed by atoms with E-state index in [0.29, 0.717) is 17.1 Å². The molecule has 2 aromatic heterocycles. The highest BCUT2D eigenvalue weighted by Crippen LogP contribution is 2.47. The van der Waals surface area contributed by atoms with E-state index in [2.05, 4.69) is 9.97 Å². The lowest BCUT2D eigenvalue weighted by molar-refractivity contribution is -0.140. The third-order valence-electron chi connectivity index (χ3n) is 6.59. The van der Waals surface area contributed by atoms with Crippen LogP contribution in [0.4, 0.5) is 27.8 Å². The van der Waals surface area contributed by atoms with Gasteiger partial charge in [0.15, 0.2) is 11.6 Å². The number of halogens is 5. The Morgan fingerprint density at radius 2 is 1.97 bits per heavy atom. The Kier molecular flexibility index (Phi) is 4.48. The number of alkyl halides is 3. The summed E-state index contributed by atoms with van der Waals surface area (Å²) < 4.78 is 76.5. The summed E-state index contributed by atoms with van der Waals surface area (Å²) in [4.78, 5) is 23.1. The van der Waals surface area contributed by atoms with Crippen molar-refractivity contribution in [3.05, 3.63) is 65.1 Å². The SMILES string of the molecule is Nc1nc2cc(F)c(C(=O)N3CC[C@H]4C[C@@H]3c3ccc(C(F)(F)F)c(F)c3O4)cc2n2cncc12. The van der Waals surface area contributed by atoms with Crippen LogP contribution in [0.15, 0.2) is 36.8 Å². The minimum atomic E-state index is -4.89. The van der Waals surface area contributed by atoms with Gasteiger partial charge in [0.2, 0.25) is 0 Å². The fourth-order valence-corrected chi connectivity index (χ4v) is 4.93. The Hall–Kier alpha value is -3.96. The van der Waals surface area contributed by atoms with Crippen LogP contribution in [0.1, 0.15) is 40.4 Å². The van der Waals surface area contributed by atoms with Crippen molar-refractivity contribution in [2.24, 2.45) is 0 Å². The van der Waals surface area contributed by atoms with Gasteiger partial charge in [-0.2, -0.15) is 13.2 Å². The van der Waals surface area contributed by atoms with Gasteiger partial charge in [0.25, 0.3) is 5.91 Å². The topological polar surface area (TPSA) is 85.8 Å². The van der Waals surface area contributed by atoms with E-state index in [-0.39, 0.29) is 41.8 Å². The summed E-state index contributed by atoms with van der Waals surface area (Å²) in [7, 11) is 0. The number of hydrogen-bond acceptors (Lipinski definition) is 5. The van der Waals surface area contributed by atoms with Crippen molar-refractivity contribution < 1.29 is 31.5 Å². The maximum atomic E-state index is 15.1. The van der Waals surface area contributed by atoms with Crippen LogP contribution in [0.5, 0.6) is 5.75 Å². The van der Waals surface area contributed by atoms with Gasteiger partial charge in [-0.15, -0.1) is 0 Å². The molecule has 2 N–H and O–H groups in total. The molecule has 4 heterocycles. The lowest BCUT2D eigenvalue weighted by atomic mass is 9.88. The Balaban J connectivity index is 1.44. The van der Waals surface area contributed by atoms with E-state index >= 15 is 4.39 Å². The first-order valence-corrected chi connectivity index (χ1v) is 10.7. The van der Waals surface area contributed by atoms with Gasteiger partial charge in [-0.05, 0) is 12.1 Å². The summed E-state index contributed by atoms with van der Waals surface area (Å²) in [6.45, 7) is 0.161. The molecule has 1 amide bonds. The largest absolute Gasteiger partial charge is 0.487 e. The first-order chi connectivity index (χ1) is 16.6. The van der Waals surface area contributed by atoms with Gasteiger partial charge in [-0.1, -0.05) is 6.07 Å². The van der Waals surface area contributed by atoms with E-state index < -0.39 is 47.2 Å². The van der Waals surface area contributed by atoms with Crippen LogP contribution < -0.4 is 10.5 Å². The lowest BCUT2D eigenvalue weighted by Gasteiger charge is -2.44. The van der Waals surface area contributed by atoms with Gasteiger partial charge in [0.1, 0.15) is 23.3 Å². The molecule has 6 rings (SSSR count). The molecular weight excluding hydrogens is 473 g/mol. The predicted octanol–water partition coefficient (Wildman–Crippen LogP) is 4.50. The number of piperidine rings is 1. The van der Waals surface area contributed by atoms with Crippen molar-refractivity contribution in [1.82, 2.24) is 19.3 Å². The smallest absolute Gasteiger partial charge is 0.419 e. The third kappa shape index (κ3) is 3.19. The van der Waals surface area contributed by atoms with Crippen LogP contribution in [0.2, 0.25) is 0 Å². The molecule has 2 bridgehead atoms. The number of ether oxygens (including phenoxy) is 1. The van der Waals surface area contributed by atoms with Crippen molar-refractivity contribution in [1.29, 1.82) is 0 Å². The second-order valence-electron chi connectivity index (χ2n) is 8.59. The molecule has 0 unspecified atom stereocenters. The van der Waals surface area contributed by atoms with Crippen LogP contribution >= 0.6 is 0 Å². The fourth-order valence-electron chi connectivity index (χ4n) is 4.93. The molecule has 1 fully saturated rings. The highest BCUT2D eigenvalue weighted by atomic mass is 19.4. The van der Waals surface area contributed by atoms with Crippen molar-refractivity contribution in [2.45, 2.75) is 31.2 Å². The lowest BCUT2D eigenvalue weighted by Crippen LogP contribution is -2.47. The molecule has 1 saturated heterocycles. The predicted molar refractivity (Wildman–Crippen MR) is 114 cm³/mol. The molecule has 0 aliphatic carbocycles. The van der Waals surface area contributed by atoms with Gasteiger partial charge in [0.05, 0.1) is 40.7 Å². The molecule has 2 atom stereocenters. The highest BCUT2D eigenvalue weighted by molar-refractivity contribution is 5.99. The van der Waals surface area contributed by atoms with Crippen molar-refractivity contribution in [2.75, 3.05) is 12.3 Å². The van der Waals surface area contributed by atoms with Crippen LogP contribution in [-0.4, -0.2) is 37.8 Å². The van der Waals surface area contributed by atoms with Crippen molar-refractivity contribution in [3.63, 3.8) is 0 Å². The van der Waals surface area contributed by atoms with Gasteiger partial charge in [0, 0.05) is 31.0 Å². The molecule has 180 valence electrons. The number of anilines is 1. The molecule has 2 aromatic carbocycles. The second-order valence-corrected chi connectivity index (χ2v) is 8.59. The number of carbonyl (C=O) groups is 1. The molecule has 2 aliphatic rings. The van der Waals surface area contributed by atoms with Crippen LogP contribution in [0.25, 0.3) is 16.6 Å². The normalized spacial score (nSPS) is 19.6. The van der Waals surface area contributed by atoms with Gasteiger partial charge < -0.3 is 15.4 Å². The number of nitrogens with zero attached hydrogens (tertiary/aromatic N) is 4. The number of nitrogens with two attached hydrogens (primary N) is 1. The first-order valence-electron chi connectivity index (χ1n) is 10.7. The van der Waals surface area contributed by atoms with Gasteiger partial charge in [-0.25, -0.2) is 18.7 Å². The summed E-state index contributed by atoms with van der Waals surface area (Å²) in [5.41, 5.74) is 5.43. The monoisotopic (exact) mass is 489 g/mol. The molecule has 7 nitrogen and oxygen atoms in total. The summed E-state index contributed by atoms with van der Waals surface area (Å²) in [5, 5.41) is 0. The van der Waals surface area contributed by atoms with Gasteiger partial charge in [-0.3, -0.25) is 9.20 Å². The number of amides is 1. The zero-order valence-corrected chi connectivity index (χ0v) is 17.8. The van der Waals surface area contributed by atoms with E-state index in [1.54, 1.807) is 4.40 Å². The Labute approximate surface area is 193 Å². The van der Waals surface area contributed by atoms with Crippen molar-refractivity contribution >= 4 is 28.3 Å². The van der Waals surface area contributed by atoms with Gasteiger partial charge >= 0.3 is 6.18 Å². The third-order valence-corrected chi connectivity index (χ3v) is 6.59. The zero-order valence-electron chi connectivity index (χ0n) is 17.8. The van der Waals surface area contributed by atoms with E-state index in [4.69, 9.17) is 10.5 Å². The minimum absolute atomic E-state index is 0.118. The number of hydrogen-bond donors (Lipinski definition) is 1. The standard InChI is InChI=1S/C23H16F5N5O2/c24-14-7-15-17(33-9-30-8-18(33)21(29)31-15)6-12(14)22(34)32-4-3-10-5-16(32)11-1-2-13(23(26,27)28)19(25)20(11)35-10/h1-2,6-10,16H,3-5H2,(H2,29,31)/t10-,16+/m0/s1. The molecule has 0 radical (unpaired) electrons. The number of rotatable bonds is 1. The molecule has 12 heteroatoms. The van der Waals surface area contributed by atoms with E-state index in [0.717, 1.165) is 12.1 Å². The fraction of sp³-hybridized carbons (Fsp3) is 0.261. The molecular formula is C23H16F5N5O2. The minimum Gasteiger partial charge on any atom is -0.487 e.